The molecule has 0 nitrogen and oxygen atoms in total. The molecule has 19 heavy (non-hydrogen) atoms. The molecule has 0 heterocycles. The molecule has 0 aromatic heterocycles. The topological polar surface area (TPSA) is 0 Å². The van der Waals surface area contributed by atoms with Crippen molar-refractivity contribution >= 4 is 58.2 Å². The van der Waals surface area contributed by atoms with Crippen molar-refractivity contribution in [1.29, 1.82) is 0 Å². The van der Waals surface area contributed by atoms with E-state index in [4.69, 9.17) is 11.6 Å². The maximum atomic E-state index is 6.12. The third kappa shape index (κ3) is 1.90. The van der Waals surface area contributed by atoms with E-state index in [1.807, 2.05) is 6.07 Å². The largest absolute Gasteiger partial charge is 0.0843 e. The second kappa shape index (κ2) is 4.88. The van der Waals surface area contributed by atoms with Gasteiger partial charge in [0.15, 0.2) is 0 Å². The third-order valence-electron chi connectivity index (χ3n) is 3.78. The summed E-state index contributed by atoms with van der Waals surface area (Å²) in [4.78, 5) is 0. The van der Waals surface area contributed by atoms with Crippen LogP contribution in [0.2, 0.25) is 22.8 Å². The molecule has 4 heteroatoms. The smallest absolute Gasteiger partial charge is 0.0505 e. The molecule has 0 N–H and O–H groups in total. The van der Waals surface area contributed by atoms with Crippen LogP contribution in [0, 0.1) is 0 Å². The van der Waals surface area contributed by atoms with Crippen molar-refractivity contribution in [2.45, 2.75) is 17.8 Å². The molecule has 1 aromatic rings. The first kappa shape index (κ1) is 13.6. The Morgan fingerprint density at radius 1 is 1.16 bits per heavy atom. The van der Waals surface area contributed by atoms with E-state index in [1.54, 1.807) is 0 Å². The van der Waals surface area contributed by atoms with E-state index >= 15 is 0 Å². The Labute approximate surface area is 131 Å². The zero-order chi connectivity index (χ0) is 13.6. The summed E-state index contributed by atoms with van der Waals surface area (Å²) < 4.78 is 1.48. The van der Waals surface area contributed by atoms with E-state index < -0.39 is 0 Å². The molecule has 0 saturated heterocycles. The van der Waals surface area contributed by atoms with E-state index in [0.717, 1.165) is 24.1 Å². The van der Waals surface area contributed by atoms with Gasteiger partial charge in [0, 0.05) is 9.68 Å². The number of allylic oxidation sites excluding steroid dienone is 4. The van der Waals surface area contributed by atoms with Gasteiger partial charge in [-0.25, -0.2) is 0 Å². The maximum absolute atomic E-state index is 6.12. The normalized spacial score (nSPS) is 19.3. The van der Waals surface area contributed by atoms with Crippen LogP contribution in [0.3, 0.4) is 0 Å². The average Bonchev–Trinajstić information content (AvgIpc) is 2.77. The lowest BCUT2D eigenvalue weighted by Crippen LogP contribution is -2.34. The van der Waals surface area contributed by atoms with E-state index in [-0.39, 0.29) is 4.66 Å². The van der Waals surface area contributed by atoms with Crippen LogP contribution in [-0.2, 0) is 0 Å². The van der Waals surface area contributed by atoms with Gasteiger partial charge < -0.3 is 0 Å². The fourth-order valence-electron chi connectivity index (χ4n) is 2.85. The summed E-state index contributed by atoms with van der Waals surface area (Å²) in [5, 5.41) is 3.42. The van der Waals surface area contributed by atoms with Crippen LogP contribution in [0.15, 0.2) is 40.4 Å². The quantitative estimate of drug-likeness (QED) is 0.708. The van der Waals surface area contributed by atoms with Crippen LogP contribution in [0.4, 0.5) is 0 Å². The predicted molar refractivity (Wildman–Crippen MR) is 89.6 cm³/mol. The van der Waals surface area contributed by atoms with E-state index in [0.29, 0.717) is 0 Å². The highest BCUT2D eigenvalue weighted by molar-refractivity contribution is 9.11. The monoisotopic (exact) mass is 362 g/mol. The fraction of sp³-hybridized carbons (Fsp3) is 0.200. The molecule has 2 aliphatic rings. The Morgan fingerprint density at radius 3 is 2.58 bits per heavy atom. The Kier molecular flexibility index (Phi) is 3.50. The summed E-state index contributed by atoms with van der Waals surface area (Å²) in [6, 6.07) is 6.24. The van der Waals surface area contributed by atoms with E-state index in [9.17, 15) is 0 Å². The Hall–Kier alpha value is -0.356. The summed E-state index contributed by atoms with van der Waals surface area (Å²) in [5.41, 5.74) is 2.83. The van der Waals surface area contributed by atoms with Crippen molar-refractivity contribution in [2.75, 3.05) is 0 Å². The van der Waals surface area contributed by atoms with Crippen molar-refractivity contribution in [3.63, 3.8) is 0 Å². The van der Waals surface area contributed by atoms with Gasteiger partial charge in [0.25, 0.3) is 0 Å². The number of hydrogen-bond acceptors (Lipinski definition) is 0. The standard InChI is InChI=1S/C15H12BrClSi2/c1-18-15(19-2)13(16)6-3-9-7-10-8-11(17)4-5-12(10)14(9)15/h3-8H,1-2H3. The van der Waals surface area contributed by atoms with E-state index in [1.165, 1.54) is 26.1 Å². The molecule has 4 radical (unpaired) electrons. The molecule has 2 aliphatic carbocycles. The zero-order valence-electron chi connectivity index (χ0n) is 10.7. The first-order valence-corrected chi connectivity index (χ1v) is 10.3. The maximum Gasteiger partial charge on any atom is 0.0505 e. The third-order valence-corrected chi connectivity index (χ3v) is 9.64. The van der Waals surface area contributed by atoms with Crippen molar-refractivity contribution in [1.82, 2.24) is 0 Å². The summed E-state index contributed by atoms with van der Waals surface area (Å²) in [5.74, 6) is 0. The number of halogens is 2. The van der Waals surface area contributed by atoms with Gasteiger partial charge in [-0.1, -0.05) is 58.8 Å². The first-order chi connectivity index (χ1) is 9.12. The molecule has 0 bridgehead atoms. The van der Waals surface area contributed by atoms with Crippen LogP contribution in [-0.4, -0.2) is 19.0 Å². The van der Waals surface area contributed by atoms with Gasteiger partial charge in [0.05, 0.1) is 19.0 Å². The molecule has 0 aliphatic heterocycles. The van der Waals surface area contributed by atoms with Gasteiger partial charge in [0.1, 0.15) is 0 Å². The summed E-state index contributed by atoms with van der Waals surface area (Å²) in [7, 11) is 1.69. The highest BCUT2D eigenvalue weighted by Gasteiger charge is 2.39. The number of benzene rings is 1. The minimum absolute atomic E-state index is 0.166. The lowest BCUT2D eigenvalue weighted by Gasteiger charge is -2.36. The highest BCUT2D eigenvalue weighted by Crippen LogP contribution is 2.51. The Morgan fingerprint density at radius 2 is 1.89 bits per heavy atom. The molecule has 94 valence electrons. The van der Waals surface area contributed by atoms with Crippen LogP contribution in [0.25, 0.3) is 11.6 Å². The van der Waals surface area contributed by atoms with Crippen LogP contribution < -0.4 is 10.4 Å². The molecule has 0 unspecified atom stereocenters. The van der Waals surface area contributed by atoms with Crippen LogP contribution >= 0.6 is 27.5 Å². The van der Waals surface area contributed by atoms with Gasteiger partial charge in [-0.05, 0) is 44.3 Å². The molecule has 0 saturated carbocycles. The molecular formula is C15H12BrClSi2. The SMILES string of the molecule is C[Si]C1([Si]C)C(Br)=CC=C2C=c3cc(Cl)ccc3=C21. The van der Waals surface area contributed by atoms with Gasteiger partial charge in [-0.3, -0.25) is 0 Å². The second-order valence-electron chi connectivity index (χ2n) is 4.64. The molecule has 1 aromatic carbocycles. The summed E-state index contributed by atoms with van der Waals surface area (Å²) in [6.07, 6.45) is 6.70. The van der Waals surface area contributed by atoms with Crippen LogP contribution in [0.5, 0.6) is 0 Å². The highest BCUT2D eigenvalue weighted by atomic mass is 79.9. The minimum Gasteiger partial charge on any atom is -0.0843 e. The van der Waals surface area contributed by atoms with E-state index in [2.05, 4.69) is 59.4 Å². The van der Waals surface area contributed by atoms with Gasteiger partial charge >= 0.3 is 0 Å². The van der Waals surface area contributed by atoms with Gasteiger partial charge in [0.2, 0.25) is 0 Å². The van der Waals surface area contributed by atoms with Gasteiger partial charge in [-0.2, -0.15) is 0 Å². The first-order valence-electron chi connectivity index (χ1n) is 6.10. The average molecular weight is 364 g/mol. The second-order valence-corrected chi connectivity index (χ2v) is 8.93. The molecule has 0 atom stereocenters. The summed E-state index contributed by atoms with van der Waals surface area (Å²) in [6.45, 7) is 4.60. The lowest BCUT2D eigenvalue weighted by molar-refractivity contribution is 1.18. The molecule has 0 spiro atoms. The fourth-order valence-corrected chi connectivity index (χ4v) is 7.25. The molecule has 0 amide bonds. The predicted octanol–water partition coefficient (Wildman–Crippen LogP) is 3.12. The molecule has 0 fully saturated rings. The van der Waals surface area contributed by atoms with Gasteiger partial charge in [-0.15, -0.1) is 0 Å². The Bertz CT molecular complexity index is 727. The van der Waals surface area contributed by atoms with Crippen molar-refractivity contribution < 1.29 is 0 Å². The number of rotatable bonds is 2. The van der Waals surface area contributed by atoms with Crippen molar-refractivity contribution in [3.05, 3.63) is 55.9 Å². The molecular weight excluding hydrogens is 352 g/mol. The number of hydrogen-bond donors (Lipinski definition) is 0. The minimum atomic E-state index is 0.166. The van der Waals surface area contributed by atoms with Crippen LogP contribution in [0.1, 0.15) is 0 Å². The zero-order valence-corrected chi connectivity index (χ0v) is 15.1. The van der Waals surface area contributed by atoms with Crippen molar-refractivity contribution in [2.24, 2.45) is 0 Å². The Balaban J connectivity index is 2.41. The number of fused-ring (bicyclic) bond motifs is 2. The summed E-state index contributed by atoms with van der Waals surface area (Å²) >= 11 is 9.93. The lowest BCUT2D eigenvalue weighted by atomic mass is 9.98. The molecule has 3 rings (SSSR count). The van der Waals surface area contributed by atoms with Crippen molar-refractivity contribution in [3.8, 4) is 0 Å².